The average molecular weight is 1900 g/mol. The molecule has 7 rings (SSSR count). The molecule has 116 heavy (non-hydrogen) atoms. The molecule has 21 nitrogen and oxygen atoms in total. The van der Waals surface area contributed by atoms with Crippen molar-refractivity contribution in [2.75, 3.05) is 262 Å². The predicted octanol–water partition coefficient (Wildman–Crippen LogP) is 15.5. The van der Waals surface area contributed by atoms with E-state index in [4.69, 9.17) is 43.9 Å². The van der Waals surface area contributed by atoms with Crippen LogP contribution in [0.2, 0.25) is 0 Å². The van der Waals surface area contributed by atoms with Crippen molar-refractivity contribution in [3.05, 3.63) is 11.4 Å². The first-order chi connectivity index (χ1) is 55.7. The average Bonchev–Trinajstić information content (AvgIpc) is 1.76. The Morgan fingerprint density at radius 3 is 1.08 bits per heavy atom. The molecule has 682 valence electrons. The summed E-state index contributed by atoms with van der Waals surface area (Å²) in [6.45, 7) is 55.0. The Morgan fingerprint density at radius 1 is 0.474 bits per heavy atom. The molecule has 0 spiro atoms. The maximum atomic E-state index is 11.5. The van der Waals surface area contributed by atoms with E-state index in [0.717, 1.165) is 124 Å². The maximum absolute atomic E-state index is 11.5. The molecule has 1 amide bonds. The number of hydrogen-bond donors (Lipinski definition) is 3. The van der Waals surface area contributed by atoms with Crippen LogP contribution < -0.4 is 16.4 Å². The van der Waals surface area contributed by atoms with Gasteiger partial charge in [0.15, 0.2) is 0 Å². The number of amides is 1. The van der Waals surface area contributed by atoms with Gasteiger partial charge in [-0.05, 0) is 394 Å². The van der Waals surface area contributed by atoms with E-state index in [1.165, 1.54) is 244 Å². The molecule has 0 aromatic carbocycles. The molecular formula is C91H180Br2ClIN16O5. The molecule has 12 unspecified atom stereocenters. The van der Waals surface area contributed by atoms with Crippen LogP contribution in [0.1, 0.15) is 216 Å². The lowest BCUT2D eigenvalue weighted by Gasteiger charge is -2.19. The smallest absolute Gasteiger partial charge is 0.310 e. The summed E-state index contributed by atoms with van der Waals surface area (Å²) in [5.41, 5.74) is 5.34. The molecule has 6 aliphatic carbocycles. The standard InChI is InChI=1S/C20H44N4.C18H38IN3.C14H30N2.C12H21N3O.C7H18N2.C7H9NO2.C5H4ClNO.C4H8Br2.C4H8O/c1-6-21-12-8-9-14-23(4)17-19-16-20(19)18-24(5)15-11-10-13-22(3)7-2;1-5-20(2)11-8-9-13-22(4)16-18-14-17(18)15-21(3)12-7-6-10-19;1-5-13-11-14(13)12-16(4)10-8-7-9-15(3)6-2;1-4-15(3)8-6-5-7-14-12(16)10-9-11(10)13-2;1-3-9(2)7-5-4-6-8;1-2-10-7(9)6-3-5(6)4-8;6-5(8)4-1-3(4)2-7;5-3-1-2-4-6;1-2-4-5-3-1/h19-21H,6-18H2,1-5H3;17-18H,5-16H2,1-4H3;13-14H,5-12H2,1-4H3;10-11H,4-9H2,1,3H3,(H,14,16);3-8H2,1-2H3;5-6H,2-3H2,1H3;3-4H,1H2;1-4H2;1-4H2. The number of ether oxygens (including phenoxy) is 2. The van der Waals surface area contributed by atoms with E-state index < -0.39 is 0 Å². The lowest BCUT2D eigenvalue weighted by atomic mass is 10.2. The highest BCUT2D eigenvalue weighted by atomic mass is 127. The van der Waals surface area contributed by atoms with Crippen LogP contribution in [-0.2, 0) is 23.9 Å². The monoisotopic (exact) mass is 1900 g/mol. The van der Waals surface area contributed by atoms with Crippen molar-refractivity contribution >= 4 is 83.2 Å². The number of nitrogens with zero attached hydrogens (tertiary/aromatic N) is 13. The Balaban J connectivity index is 0. The van der Waals surface area contributed by atoms with E-state index in [9.17, 15) is 14.4 Å². The number of hydrogen-bond acceptors (Lipinski definition) is 19. The number of nitrogens with one attached hydrogen (secondary N) is 2. The first kappa shape index (κ1) is 117. The topological polar surface area (TPSA) is 204 Å². The molecule has 0 radical (unpaired) electrons. The van der Waals surface area contributed by atoms with Gasteiger partial charge in [0.25, 0.3) is 0 Å². The first-order valence-electron chi connectivity index (χ1n) is 46.1. The number of carbonyl (C=O) groups excluding carboxylic acids is 3. The SMILES string of the molecule is BrCCCCBr.C1CCOC1.CCC1CC1CN(C)CCCCN(C)CC.CCN(C)CCCCN.CCN(C)CCCCN(C)CC1CC1CN(C)CCCCI.CCNCCCCN(C)CC1CC1CN(C)CCCCN(C)CC.CCOC(=O)C1CC1C#N.N#CC1CC1C(=O)Cl.[C-]#[N+]C1CC1C(=O)NCCCCN(C)CC. The number of nitrogens with two attached hydrogens (primary N) is 1. The van der Waals surface area contributed by atoms with E-state index in [1.54, 1.807) is 6.92 Å². The van der Waals surface area contributed by atoms with Crippen molar-refractivity contribution in [3.63, 3.8) is 0 Å². The van der Waals surface area contributed by atoms with Gasteiger partial charge in [-0.1, -0.05) is 109 Å². The highest BCUT2D eigenvalue weighted by Gasteiger charge is 2.50. The van der Waals surface area contributed by atoms with Gasteiger partial charge in [0.1, 0.15) is 5.92 Å². The van der Waals surface area contributed by atoms with E-state index in [1.807, 2.05) is 12.1 Å². The van der Waals surface area contributed by atoms with Crippen LogP contribution in [-0.4, -0.2) is 335 Å². The molecule has 1 aliphatic heterocycles. The van der Waals surface area contributed by atoms with Crippen LogP contribution in [0.4, 0.5) is 0 Å². The third kappa shape index (κ3) is 69.9. The molecule has 12 atom stereocenters. The molecule has 1 saturated heterocycles. The quantitative estimate of drug-likeness (QED) is 0.0129. The van der Waals surface area contributed by atoms with Crippen LogP contribution in [0, 0.1) is 94.3 Å². The summed E-state index contributed by atoms with van der Waals surface area (Å²) >= 11 is 14.2. The summed E-state index contributed by atoms with van der Waals surface area (Å²) in [7, 11) is 22.4. The third-order valence-corrected chi connectivity index (χ3v) is 25.3. The minimum atomic E-state index is -0.364. The molecule has 1 heterocycles. The Kier molecular flexibility index (Phi) is 78.7. The highest BCUT2D eigenvalue weighted by Crippen LogP contribution is 2.43. The maximum Gasteiger partial charge on any atom is 0.310 e. The van der Waals surface area contributed by atoms with Gasteiger partial charge in [0, 0.05) is 69.6 Å². The zero-order chi connectivity index (χ0) is 87.3. The third-order valence-electron chi connectivity index (χ3n) is 23.1. The van der Waals surface area contributed by atoms with Crippen molar-refractivity contribution in [3.8, 4) is 12.1 Å². The second kappa shape index (κ2) is 78.3. The van der Waals surface area contributed by atoms with Crippen molar-refractivity contribution in [2.24, 2.45) is 70.8 Å². The summed E-state index contributed by atoms with van der Waals surface area (Å²) < 4.78 is 11.0. The number of nitriles is 2. The number of halogens is 4. The number of esters is 1. The molecule has 25 heteroatoms. The normalized spacial score (nSPS) is 21.9. The van der Waals surface area contributed by atoms with Crippen molar-refractivity contribution in [1.82, 2.24) is 59.6 Å². The van der Waals surface area contributed by atoms with Gasteiger partial charge in [-0.2, -0.15) is 10.5 Å². The Morgan fingerprint density at radius 2 is 0.810 bits per heavy atom. The summed E-state index contributed by atoms with van der Waals surface area (Å²) in [5, 5.41) is 24.7. The minimum Gasteiger partial charge on any atom is -0.466 e. The van der Waals surface area contributed by atoms with Gasteiger partial charge >= 0.3 is 5.97 Å². The number of alkyl halides is 3. The second-order valence-electron chi connectivity index (χ2n) is 34.2. The van der Waals surface area contributed by atoms with Gasteiger partial charge in [0.2, 0.25) is 17.2 Å². The Labute approximate surface area is 750 Å². The molecule has 0 aromatic heterocycles. The second-order valence-corrected chi connectivity index (χ2v) is 37.2. The fraction of sp³-hybridized carbons (Fsp3) is 0.934. The van der Waals surface area contributed by atoms with Crippen LogP contribution in [0.25, 0.3) is 4.85 Å². The van der Waals surface area contributed by atoms with Crippen LogP contribution in [0.5, 0.6) is 0 Å². The molecular weight excluding hydrogens is 1720 g/mol. The van der Waals surface area contributed by atoms with Gasteiger partial charge in [-0.3, -0.25) is 14.4 Å². The number of carbonyl (C=O) groups is 3. The molecule has 0 aromatic rings. The number of rotatable bonds is 57. The van der Waals surface area contributed by atoms with Gasteiger partial charge in [0.05, 0.1) is 42.4 Å². The van der Waals surface area contributed by atoms with Crippen molar-refractivity contribution in [2.45, 2.75) is 222 Å². The van der Waals surface area contributed by atoms with Gasteiger partial charge in [-0.15, -0.1) is 0 Å². The largest absolute Gasteiger partial charge is 0.466 e. The molecule has 7 fully saturated rings. The molecule has 6 saturated carbocycles. The summed E-state index contributed by atoms with van der Waals surface area (Å²) in [5.74, 6) is 5.34. The Bertz CT molecular complexity index is 2430. The lowest BCUT2D eigenvalue weighted by Crippen LogP contribution is -2.27. The van der Waals surface area contributed by atoms with E-state index in [2.05, 4.69) is 238 Å². The Hall–Kier alpha value is -1.46. The first-order valence-corrected chi connectivity index (χ1v) is 50.2. The van der Waals surface area contributed by atoms with Crippen molar-refractivity contribution < 1.29 is 23.9 Å². The lowest BCUT2D eigenvalue weighted by molar-refractivity contribution is -0.144. The van der Waals surface area contributed by atoms with Gasteiger partial charge in [-0.25, -0.2) is 6.57 Å². The van der Waals surface area contributed by atoms with Crippen molar-refractivity contribution in [1.29, 1.82) is 10.5 Å². The van der Waals surface area contributed by atoms with E-state index in [-0.39, 0.29) is 52.8 Å². The van der Waals surface area contributed by atoms with E-state index >= 15 is 0 Å². The molecule has 7 aliphatic rings. The molecule has 0 bridgehead atoms. The summed E-state index contributed by atoms with van der Waals surface area (Å²) in [6.07, 6.45) is 31.0. The highest BCUT2D eigenvalue weighted by molar-refractivity contribution is 14.1. The fourth-order valence-corrected chi connectivity index (χ4v) is 15.1. The van der Waals surface area contributed by atoms with Crippen LogP contribution in [0.15, 0.2) is 0 Å². The zero-order valence-corrected chi connectivity index (χ0v) is 83.8. The zero-order valence-electron chi connectivity index (χ0n) is 77.8. The van der Waals surface area contributed by atoms with E-state index in [0.29, 0.717) is 19.4 Å². The fourth-order valence-electron chi connectivity index (χ4n) is 13.5. The summed E-state index contributed by atoms with van der Waals surface area (Å²) in [4.78, 5) is 60.4. The summed E-state index contributed by atoms with van der Waals surface area (Å²) in [6, 6.07) is 3.96. The van der Waals surface area contributed by atoms with Crippen LogP contribution in [0.3, 0.4) is 0 Å². The molecule has 4 N–H and O–H groups in total. The van der Waals surface area contributed by atoms with Crippen LogP contribution >= 0.6 is 66.1 Å². The van der Waals surface area contributed by atoms with Gasteiger partial charge < -0.3 is 79.7 Å². The predicted molar refractivity (Wildman–Crippen MR) is 510 cm³/mol. The minimum absolute atomic E-state index is 0.0178. The number of unbranched alkanes of at least 4 members (excludes halogenated alkanes) is 8.